The molecular formula is C16H20N2. The minimum absolute atomic E-state index is 0.835. The van der Waals surface area contributed by atoms with Gasteiger partial charge in [0.25, 0.3) is 0 Å². The fraction of sp³-hybridized carbons (Fsp3) is 0.438. The maximum absolute atomic E-state index is 4.54. The smallest absolute Gasteiger partial charge is 0.0746 e. The lowest BCUT2D eigenvalue weighted by Gasteiger charge is -2.31. The average Bonchev–Trinajstić information content (AvgIpc) is 2.39. The molecule has 94 valence electrons. The highest BCUT2D eigenvalue weighted by molar-refractivity contribution is 5.81. The van der Waals surface area contributed by atoms with Crippen LogP contribution in [0.4, 0.5) is 0 Å². The van der Waals surface area contributed by atoms with Crippen molar-refractivity contribution in [2.75, 3.05) is 13.1 Å². The maximum Gasteiger partial charge on any atom is 0.0746 e. The van der Waals surface area contributed by atoms with Gasteiger partial charge in [-0.3, -0.25) is 9.88 Å². The zero-order valence-electron chi connectivity index (χ0n) is 11.0. The molecule has 1 unspecified atom stereocenters. The van der Waals surface area contributed by atoms with Crippen LogP contribution in [0.1, 0.15) is 25.3 Å². The molecule has 0 saturated carbocycles. The van der Waals surface area contributed by atoms with Crippen LogP contribution in [-0.4, -0.2) is 23.0 Å². The quantitative estimate of drug-likeness (QED) is 0.799. The summed E-state index contributed by atoms with van der Waals surface area (Å²) >= 11 is 0. The van der Waals surface area contributed by atoms with E-state index in [0.29, 0.717) is 0 Å². The lowest BCUT2D eigenvalue weighted by Crippen LogP contribution is -2.33. The molecule has 1 aliphatic rings. The second-order valence-electron chi connectivity index (χ2n) is 5.47. The van der Waals surface area contributed by atoms with Crippen LogP contribution in [0.25, 0.3) is 10.9 Å². The molecule has 1 fully saturated rings. The summed E-state index contributed by atoms with van der Waals surface area (Å²) in [6.45, 7) is 5.85. The van der Waals surface area contributed by atoms with Gasteiger partial charge >= 0.3 is 0 Å². The molecule has 0 aliphatic carbocycles. The number of hydrogen-bond donors (Lipinski definition) is 0. The number of hydrogen-bond acceptors (Lipinski definition) is 2. The minimum Gasteiger partial charge on any atom is -0.299 e. The number of pyridine rings is 1. The lowest BCUT2D eigenvalue weighted by atomic mass is 9.99. The number of fused-ring (bicyclic) bond motifs is 1. The molecule has 2 heteroatoms. The van der Waals surface area contributed by atoms with Crippen LogP contribution in [-0.2, 0) is 6.54 Å². The van der Waals surface area contributed by atoms with Crippen LogP contribution in [0.3, 0.4) is 0 Å². The minimum atomic E-state index is 0.835. The summed E-state index contributed by atoms with van der Waals surface area (Å²) in [5.41, 5.74) is 2.53. The van der Waals surface area contributed by atoms with E-state index >= 15 is 0 Å². The standard InChI is InChI=1S/C16H20N2/c1-13-5-4-10-18(11-13)12-15-7-2-6-14-8-3-9-17-16(14)15/h2-3,6-9,13H,4-5,10-12H2,1H3. The third-order valence-electron chi connectivity index (χ3n) is 3.85. The molecule has 18 heavy (non-hydrogen) atoms. The molecule has 2 nitrogen and oxygen atoms in total. The van der Waals surface area contributed by atoms with Gasteiger partial charge in [-0.2, -0.15) is 0 Å². The molecule has 1 saturated heterocycles. The molecule has 2 aromatic rings. The Kier molecular flexibility index (Phi) is 3.28. The predicted octanol–water partition coefficient (Wildman–Crippen LogP) is 3.47. The van der Waals surface area contributed by atoms with Crippen molar-refractivity contribution < 1.29 is 0 Å². The van der Waals surface area contributed by atoms with Gasteiger partial charge in [0, 0.05) is 24.7 Å². The summed E-state index contributed by atoms with van der Waals surface area (Å²) in [5.74, 6) is 0.835. The van der Waals surface area contributed by atoms with Gasteiger partial charge < -0.3 is 0 Å². The van der Waals surface area contributed by atoms with Crippen molar-refractivity contribution in [2.24, 2.45) is 5.92 Å². The maximum atomic E-state index is 4.54. The molecule has 0 N–H and O–H groups in total. The molecular weight excluding hydrogens is 220 g/mol. The van der Waals surface area contributed by atoms with Gasteiger partial charge in [0.1, 0.15) is 0 Å². The Balaban J connectivity index is 1.86. The number of benzene rings is 1. The first-order valence-electron chi connectivity index (χ1n) is 6.88. The summed E-state index contributed by atoms with van der Waals surface area (Å²) in [4.78, 5) is 7.11. The summed E-state index contributed by atoms with van der Waals surface area (Å²) in [7, 11) is 0. The molecule has 1 aromatic heterocycles. The number of piperidine rings is 1. The zero-order chi connectivity index (χ0) is 12.4. The van der Waals surface area contributed by atoms with Gasteiger partial charge in [0.05, 0.1) is 5.52 Å². The molecule has 0 amide bonds. The fourth-order valence-corrected chi connectivity index (χ4v) is 2.97. The van der Waals surface area contributed by atoms with E-state index in [4.69, 9.17) is 0 Å². The van der Waals surface area contributed by atoms with E-state index in [2.05, 4.69) is 41.1 Å². The lowest BCUT2D eigenvalue weighted by molar-refractivity contribution is 0.177. The number of aromatic nitrogens is 1. The van der Waals surface area contributed by atoms with Crippen LogP contribution in [0.5, 0.6) is 0 Å². The van der Waals surface area contributed by atoms with Crippen molar-refractivity contribution in [3.63, 3.8) is 0 Å². The van der Waals surface area contributed by atoms with Crippen molar-refractivity contribution >= 4 is 10.9 Å². The monoisotopic (exact) mass is 240 g/mol. The molecule has 1 atom stereocenters. The van der Waals surface area contributed by atoms with Crippen molar-refractivity contribution in [1.82, 2.24) is 9.88 Å². The summed E-state index contributed by atoms with van der Waals surface area (Å²) in [6.07, 6.45) is 4.61. The SMILES string of the molecule is CC1CCCN(Cc2cccc3cccnc23)C1. The van der Waals surface area contributed by atoms with Crippen LogP contribution in [0, 0.1) is 5.92 Å². The Hall–Kier alpha value is -1.41. The van der Waals surface area contributed by atoms with Crippen molar-refractivity contribution in [1.29, 1.82) is 0 Å². The van der Waals surface area contributed by atoms with Crippen LogP contribution in [0.2, 0.25) is 0 Å². The highest BCUT2D eigenvalue weighted by Crippen LogP contribution is 2.21. The van der Waals surface area contributed by atoms with Crippen molar-refractivity contribution in [2.45, 2.75) is 26.3 Å². The Morgan fingerprint density at radius 3 is 3.06 bits per heavy atom. The summed E-state index contributed by atoms with van der Waals surface area (Å²) in [5, 5.41) is 1.25. The topological polar surface area (TPSA) is 16.1 Å². The fourth-order valence-electron chi connectivity index (χ4n) is 2.97. The van der Waals surface area contributed by atoms with E-state index in [9.17, 15) is 0 Å². The molecule has 0 bridgehead atoms. The molecule has 0 spiro atoms. The normalized spacial score (nSPS) is 21.3. The summed E-state index contributed by atoms with van der Waals surface area (Å²) < 4.78 is 0. The first kappa shape index (κ1) is 11.7. The Labute approximate surface area is 109 Å². The zero-order valence-corrected chi connectivity index (χ0v) is 11.0. The van der Waals surface area contributed by atoms with E-state index < -0.39 is 0 Å². The second-order valence-corrected chi connectivity index (χ2v) is 5.47. The number of nitrogens with zero attached hydrogens (tertiary/aromatic N) is 2. The van der Waals surface area contributed by atoms with Crippen LogP contribution >= 0.6 is 0 Å². The molecule has 1 aliphatic heterocycles. The van der Waals surface area contributed by atoms with Gasteiger partial charge in [-0.15, -0.1) is 0 Å². The first-order chi connectivity index (χ1) is 8.83. The first-order valence-corrected chi connectivity index (χ1v) is 6.88. The van der Waals surface area contributed by atoms with Gasteiger partial charge in [0.2, 0.25) is 0 Å². The van der Waals surface area contributed by atoms with Crippen LogP contribution in [0.15, 0.2) is 36.5 Å². The predicted molar refractivity (Wildman–Crippen MR) is 75.4 cm³/mol. The highest BCUT2D eigenvalue weighted by Gasteiger charge is 2.17. The van der Waals surface area contributed by atoms with Crippen molar-refractivity contribution in [3.05, 3.63) is 42.1 Å². The van der Waals surface area contributed by atoms with E-state index in [0.717, 1.165) is 12.5 Å². The Morgan fingerprint density at radius 2 is 2.17 bits per heavy atom. The molecule has 1 aromatic carbocycles. The van der Waals surface area contributed by atoms with Gasteiger partial charge in [0.15, 0.2) is 0 Å². The average molecular weight is 240 g/mol. The summed E-state index contributed by atoms with van der Waals surface area (Å²) in [6, 6.07) is 10.7. The molecule has 0 radical (unpaired) electrons. The number of para-hydroxylation sites is 1. The third kappa shape index (κ3) is 2.39. The van der Waals surface area contributed by atoms with E-state index in [1.54, 1.807) is 0 Å². The number of likely N-dealkylation sites (tertiary alicyclic amines) is 1. The third-order valence-corrected chi connectivity index (χ3v) is 3.85. The van der Waals surface area contributed by atoms with Gasteiger partial charge in [-0.25, -0.2) is 0 Å². The molecule has 3 rings (SSSR count). The van der Waals surface area contributed by atoms with Gasteiger partial charge in [-0.05, 0) is 36.9 Å². The van der Waals surface area contributed by atoms with Crippen molar-refractivity contribution in [3.8, 4) is 0 Å². The van der Waals surface area contributed by atoms with Crippen LogP contribution < -0.4 is 0 Å². The van der Waals surface area contributed by atoms with E-state index in [1.165, 1.54) is 42.4 Å². The Bertz CT molecular complexity index is 530. The molecule has 2 heterocycles. The largest absolute Gasteiger partial charge is 0.299 e. The Morgan fingerprint density at radius 1 is 1.28 bits per heavy atom. The second kappa shape index (κ2) is 5.07. The van der Waals surface area contributed by atoms with Gasteiger partial charge in [-0.1, -0.05) is 31.2 Å². The highest BCUT2D eigenvalue weighted by atomic mass is 15.1. The van der Waals surface area contributed by atoms with E-state index in [-0.39, 0.29) is 0 Å². The number of rotatable bonds is 2. The van der Waals surface area contributed by atoms with E-state index in [1.807, 2.05) is 12.3 Å².